The molecule has 1 N–H and O–H groups in total. The van der Waals surface area contributed by atoms with Gasteiger partial charge < -0.3 is 5.32 Å². The summed E-state index contributed by atoms with van der Waals surface area (Å²) in [5, 5.41) is 6.36. The molecule has 0 saturated heterocycles. The summed E-state index contributed by atoms with van der Waals surface area (Å²) in [7, 11) is 0.593. The molecule has 4 aromatic rings. The molecule has 1 aliphatic rings. The van der Waals surface area contributed by atoms with Crippen molar-refractivity contribution in [3.63, 3.8) is 0 Å². The van der Waals surface area contributed by atoms with Crippen LogP contribution < -0.4 is 15.9 Å². The largest absolute Gasteiger partial charge is 0.354 e. The van der Waals surface area contributed by atoms with Crippen molar-refractivity contribution in [1.29, 1.82) is 0 Å². The summed E-state index contributed by atoms with van der Waals surface area (Å²) in [6.07, 6.45) is 3.81. The molecule has 1 aromatic heterocycles. The molecule has 0 spiro atoms. The zero-order valence-electron chi connectivity index (χ0n) is 14.1. The van der Waals surface area contributed by atoms with E-state index in [-0.39, 0.29) is 0 Å². The monoisotopic (exact) mass is 352 g/mol. The van der Waals surface area contributed by atoms with Crippen LogP contribution in [-0.4, -0.2) is 4.98 Å². The lowest BCUT2D eigenvalue weighted by molar-refractivity contribution is 1.32. The zero-order chi connectivity index (χ0) is 17.3. The van der Waals surface area contributed by atoms with E-state index < -0.39 is 0 Å². The number of pyridine rings is 1. The second-order valence-corrected chi connectivity index (χ2v) is 7.64. The molecule has 0 fully saturated rings. The maximum atomic E-state index is 4.39. The number of anilines is 2. The van der Waals surface area contributed by atoms with E-state index in [2.05, 4.69) is 89.2 Å². The number of aromatic nitrogens is 1. The number of nitrogens with zero attached hydrogens (tertiary/aromatic N) is 1. The fraction of sp³-hybridized carbons (Fsp3) is 0. The molecule has 2 nitrogen and oxygen atoms in total. The Morgan fingerprint density at radius 3 is 1.92 bits per heavy atom. The van der Waals surface area contributed by atoms with Crippen molar-refractivity contribution in [2.45, 2.75) is 0 Å². The van der Waals surface area contributed by atoms with E-state index in [1.165, 1.54) is 27.3 Å². The molecule has 1 atom stereocenters. The van der Waals surface area contributed by atoms with Gasteiger partial charge in [0.15, 0.2) is 0 Å². The van der Waals surface area contributed by atoms with Crippen molar-refractivity contribution in [3.8, 4) is 22.3 Å². The van der Waals surface area contributed by atoms with E-state index in [1.54, 1.807) is 0 Å². The van der Waals surface area contributed by atoms with Crippen LogP contribution in [-0.2, 0) is 0 Å². The third-order valence-corrected chi connectivity index (χ3v) is 6.13. The zero-order valence-corrected chi connectivity index (χ0v) is 15.1. The molecule has 1 unspecified atom stereocenters. The minimum Gasteiger partial charge on any atom is -0.354 e. The SMILES string of the molecule is c1ccc2c(c1)Nc1ccncc1-c1ccccc1Pc1ccccc1-2. The highest BCUT2D eigenvalue weighted by Gasteiger charge is 2.16. The summed E-state index contributed by atoms with van der Waals surface area (Å²) in [5.74, 6) is 0. The third-order valence-electron chi connectivity index (χ3n) is 4.72. The number of hydrogen-bond donors (Lipinski definition) is 1. The van der Waals surface area contributed by atoms with Crippen molar-refractivity contribution in [1.82, 2.24) is 4.98 Å². The Labute approximate surface area is 154 Å². The molecule has 3 heteroatoms. The molecular weight excluding hydrogens is 335 g/mol. The molecule has 0 saturated carbocycles. The van der Waals surface area contributed by atoms with Crippen LogP contribution in [0.1, 0.15) is 0 Å². The molecule has 0 radical (unpaired) electrons. The van der Waals surface area contributed by atoms with Crippen LogP contribution in [0.25, 0.3) is 22.3 Å². The Kier molecular flexibility index (Phi) is 3.77. The number of nitrogens with one attached hydrogen (secondary N) is 1. The number of fused-ring (bicyclic) bond motifs is 6. The van der Waals surface area contributed by atoms with Gasteiger partial charge in [-0.05, 0) is 33.9 Å². The Morgan fingerprint density at radius 2 is 1.15 bits per heavy atom. The third kappa shape index (κ3) is 2.60. The maximum absolute atomic E-state index is 4.39. The lowest BCUT2D eigenvalue weighted by atomic mass is 10.0. The van der Waals surface area contributed by atoms with Gasteiger partial charge in [0.25, 0.3) is 0 Å². The van der Waals surface area contributed by atoms with E-state index in [1.807, 2.05) is 12.4 Å². The minimum atomic E-state index is 0.593. The van der Waals surface area contributed by atoms with Gasteiger partial charge in [-0.25, -0.2) is 0 Å². The highest BCUT2D eigenvalue weighted by molar-refractivity contribution is 7.56. The quantitative estimate of drug-likeness (QED) is 0.392. The number of para-hydroxylation sites is 1. The van der Waals surface area contributed by atoms with Crippen molar-refractivity contribution >= 4 is 30.6 Å². The van der Waals surface area contributed by atoms with Crippen molar-refractivity contribution in [2.24, 2.45) is 0 Å². The lowest BCUT2D eigenvalue weighted by Crippen LogP contribution is -2.11. The van der Waals surface area contributed by atoms with Gasteiger partial charge in [-0.2, -0.15) is 0 Å². The van der Waals surface area contributed by atoms with Crippen LogP contribution in [0.15, 0.2) is 91.3 Å². The average Bonchev–Trinajstić information content (AvgIpc) is 2.70. The highest BCUT2D eigenvalue weighted by atomic mass is 31.1. The Morgan fingerprint density at radius 1 is 0.577 bits per heavy atom. The molecule has 26 heavy (non-hydrogen) atoms. The normalized spacial score (nSPS) is 12.9. The molecular formula is C23H17N2P. The molecule has 5 rings (SSSR count). The first-order valence-electron chi connectivity index (χ1n) is 8.66. The van der Waals surface area contributed by atoms with Gasteiger partial charge in [-0.3, -0.25) is 4.98 Å². The van der Waals surface area contributed by atoms with Crippen LogP contribution in [0, 0.1) is 0 Å². The second-order valence-electron chi connectivity index (χ2n) is 6.31. The van der Waals surface area contributed by atoms with Crippen molar-refractivity contribution in [2.75, 3.05) is 5.32 Å². The van der Waals surface area contributed by atoms with E-state index in [0.29, 0.717) is 8.58 Å². The van der Waals surface area contributed by atoms with Gasteiger partial charge in [0.2, 0.25) is 0 Å². The van der Waals surface area contributed by atoms with E-state index in [0.717, 1.165) is 16.9 Å². The summed E-state index contributed by atoms with van der Waals surface area (Å²) in [6, 6.07) is 27.9. The standard InChI is InChI=1S/C23H17N2P/c1-4-10-20-16(7-1)17-8-2-5-11-22(17)26-23-12-6-3-9-18(23)19-15-24-14-13-21(19)25-20/h1-15,25-26H. The van der Waals surface area contributed by atoms with Gasteiger partial charge in [-0.15, -0.1) is 0 Å². The minimum absolute atomic E-state index is 0.593. The first-order chi connectivity index (χ1) is 12.9. The van der Waals surface area contributed by atoms with E-state index in [4.69, 9.17) is 0 Å². The molecule has 0 aliphatic carbocycles. The molecule has 1 aliphatic heterocycles. The predicted molar refractivity (Wildman–Crippen MR) is 112 cm³/mol. The molecule has 124 valence electrons. The number of benzene rings is 3. The molecule has 0 bridgehead atoms. The smallest absolute Gasteiger partial charge is 0.0495 e. The number of rotatable bonds is 0. The van der Waals surface area contributed by atoms with Crippen LogP contribution in [0.2, 0.25) is 0 Å². The lowest BCUT2D eigenvalue weighted by Gasteiger charge is -2.21. The van der Waals surface area contributed by atoms with E-state index >= 15 is 0 Å². The first-order valence-corrected chi connectivity index (χ1v) is 9.66. The first kappa shape index (κ1) is 15.3. The van der Waals surface area contributed by atoms with Crippen molar-refractivity contribution < 1.29 is 0 Å². The van der Waals surface area contributed by atoms with Crippen LogP contribution >= 0.6 is 8.58 Å². The van der Waals surface area contributed by atoms with Crippen LogP contribution in [0.5, 0.6) is 0 Å². The number of hydrogen-bond acceptors (Lipinski definition) is 2. The van der Waals surface area contributed by atoms with Gasteiger partial charge in [0, 0.05) is 34.9 Å². The Balaban J connectivity index is 1.84. The summed E-state index contributed by atoms with van der Waals surface area (Å²) in [5.41, 5.74) is 7.13. The predicted octanol–water partition coefficient (Wildman–Crippen LogP) is 5.10. The summed E-state index contributed by atoms with van der Waals surface area (Å²) >= 11 is 0. The Bertz CT molecular complexity index is 928. The summed E-state index contributed by atoms with van der Waals surface area (Å²) in [6.45, 7) is 0. The molecule has 2 heterocycles. The summed E-state index contributed by atoms with van der Waals surface area (Å²) in [4.78, 5) is 4.39. The van der Waals surface area contributed by atoms with E-state index in [9.17, 15) is 0 Å². The second kappa shape index (κ2) is 6.40. The highest BCUT2D eigenvalue weighted by Crippen LogP contribution is 2.37. The summed E-state index contributed by atoms with van der Waals surface area (Å²) < 4.78 is 0. The molecule has 0 amide bonds. The molecule has 3 aromatic carbocycles. The van der Waals surface area contributed by atoms with Gasteiger partial charge >= 0.3 is 0 Å². The topological polar surface area (TPSA) is 24.9 Å². The van der Waals surface area contributed by atoms with Gasteiger partial charge in [0.05, 0.1) is 0 Å². The fourth-order valence-electron chi connectivity index (χ4n) is 3.49. The fourth-order valence-corrected chi connectivity index (χ4v) is 4.84. The van der Waals surface area contributed by atoms with Gasteiger partial charge in [0.1, 0.15) is 0 Å². The maximum Gasteiger partial charge on any atom is 0.0495 e. The van der Waals surface area contributed by atoms with Gasteiger partial charge in [-0.1, -0.05) is 75.3 Å². The van der Waals surface area contributed by atoms with Crippen molar-refractivity contribution in [3.05, 3.63) is 91.3 Å². The Hall–Kier alpha value is -2.96. The van der Waals surface area contributed by atoms with Crippen LogP contribution in [0.4, 0.5) is 11.4 Å². The average molecular weight is 352 g/mol. The van der Waals surface area contributed by atoms with Crippen LogP contribution in [0.3, 0.4) is 0 Å².